The number of nitriles is 1. The van der Waals surface area contributed by atoms with Crippen molar-refractivity contribution in [1.82, 2.24) is 20.2 Å². The van der Waals surface area contributed by atoms with Crippen molar-refractivity contribution in [3.05, 3.63) is 40.4 Å². The topological polar surface area (TPSA) is 116 Å². The number of hydrogen-bond donors (Lipinski definition) is 2. The Hall–Kier alpha value is -3.83. The lowest BCUT2D eigenvalue weighted by atomic mass is 9.92. The lowest BCUT2D eigenvalue weighted by molar-refractivity contribution is 0.0636. The molecule has 4 heterocycles. The van der Waals surface area contributed by atoms with Gasteiger partial charge in [0.25, 0.3) is 0 Å². The standard InChI is InChI=1S/C36H42ClF2N7O3S/c1-7-11-36(12-8-14-45(36)6)19-48-33-42-29-22(31(43-33)46-15-13-41-18-20(46)2)16-24(37)27(28(29)39)21-9-10-25(38)30-26(21)23(17-40)32(50-30)44-34(47)49-35(3,4)5/h9-10,16,20,41H,7-8,11-15,18-19H2,1-6H3,(H,44,47). The fourth-order valence-corrected chi connectivity index (χ4v) is 8.49. The van der Waals surface area contributed by atoms with Crippen LogP contribution in [0.1, 0.15) is 65.9 Å². The van der Waals surface area contributed by atoms with E-state index in [1.165, 1.54) is 12.1 Å². The van der Waals surface area contributed by atoms with E-state index in [0.717, 1.165) is 43.6 Å². The molecule has 0 saturated carbocycles. The summed E-state index contributed by atoms with van der Waals surface area (Å²) >= 11 is 7.78. The number of halogens is 3. The van der Waals surface area contributed by atoms with Crippen LogP contribution in [-0.4, -0.2) is 78.0 Å². The molecule has 4 aromatic rings. The van der Waals surface area contributed by atoms with Gasteiger partial charge in [-0.1, -0.05) is 31.0 Å². The van der Waals surface area contributed by atoms with E-state index in [-0.39, 0.29) is 59.9 Å². The number of likely N-dealkylation sites (tertiary alicyclic amines) is 1. The minimum Gasteiger partial charge on any atom is -0.461 e. The molecule has 2 saturated heterocycles. The van der Waals surface area contributed by atoms with E-state index in [9.17, 15) is 10.1 Å². The van der Waals surface area contributed by atoms with E-state index in [1.54, 1.807) is 26.8 Å². The summed E-state index contributed by atoms with van der Waals surface area (Å²) in [4.78, 5) is 26.6. The Morgan fingerprint density at radius 2 is 2.06 bits per heavy atom. The van der Waals surface area contributed by atoms with Gasteiger partial charge in [-0.3, -0.25) is 10.2 Å². The predicted octanol–water partition coefficient (Wildman–Crippen LogP) is 8.10. The van der Waals surface area contributed by atoms with Crippen molar-refractivity contribution in [2.75, 3.05) is 50.1 Å². The maximum atomic E-state index is 17.2. The molecular formula is C36H42ClF2N7O3S. The zero-order valence-electron chi connectivity index (χ0n) is 29.2. The molecule has 0 radical (unpaired) electrons. The number of rotatable bonds is 8. The van der Waals surface area contributed by atoms with Gasteiger partial charge in [-0.15, -0.1) is 11.3 Å². The molecule has 2 aliphatic rings. The Labute approximate surface area is 299 Å². The van der Waals surface area contributed by atoms with E-state index in [4.69, 9.17) is 26.1 Å². The van der Waals surface area contributed by atoms with Crippen LogP contribution in [0.25, 0.3) is 32.1 Å². The van der Waals surface area contributed by atoms with E-state index < -0.39 is 23.3 Å². The van der Waals surface area contributed by atoms with Gasteiger partial charge in [-0.05, 0) is 78.2 Å². The molecule has 2 aliphatic heterocycles. The number of carbonyl (C=O) groups is 1. The minimum atomic E-state index is -0.805. The summed E-state index contributed by atoms with van der Waals surface area (Å²) < 4.78 is 44.3. The summed E-state index contributed by atoms with van der Waals surface area (Å²) in [5.74, 6) is -0.877. The lowest BCUT2D eigenvalue weighted by Crippen LogP contribution is -2.50. The molecular weight excluding hydrogens is 684 g/mol. The number of fused-ring (bicyclic) bond motifs is 2. The molecule has 2 fully saturated rings. The van der Waals surface area contributed by atoms with Crippen LogP contribution >= 0.6 is 22.9 Å². The maximum Gasteiger partial charge on any atom is 0.412 e. The van der Waals surface area contributed by atoms with Gasteiger partial charge in [-0.25, -0.2) is 13.6 Å². The molecule has 50 heavy (non-hydrogen) atoms. The number of thiophene rings is 1. The number of piperazine rings is 1. The first-order chi connectivity index (χ1) is 23.8. The number of hydrogen-bond acceptors (Lipinski definition) is 10. The molecule has 1 amide bonds. The van der Waals surface area contributed by atoms with Gasteiger partial charge in [0.05, 0.1) is 20.8 Å². The van der Waals surface area contributed by atoms with E-state index >= 15 is 8.78 Å². The highest BCUT2D eigenvalue weighted by Gasteiger charge is 2.39. The molecule has 0 bridgehead atoms. The fraction of sp³-hybridized carbons (Fsp3) is 0.500. The normalized spacial score (nSPS) is 20.0. The molecule has 2 N–H and O–H groups in total. The zero-order chi connectivity index (χ0) is 36.0. The van der Waals surface area contributed by atoms with Crippen LogP contribution in [0.15, 0.2) is 18.2 Å². The lowest BCUT2D eigenvalue weighted by Gasteiger charge is -2.36. The van der Waals surface area contributed by atoms with Gasteiger partial charge in [-0.2, -0.15) is 15.2 Å². The quantitative estimate of drug-likeness (QED) is 0.186. The molecule has 10 nitrogen and oxygen atoms in total. The van der Waals surface area contributed by atoms with Crippen LogP contribution in [0.3, 0.4) is 0 Å². The Morgan fingerprint density at radius 3 is 2.72 bits per heavy atom. The van der Waals surface area contributed by atoms with Crippen molar-refractivity contribution in [3.63, 3.8) is 0 Å². The predicted molar refractivity (Wildman–Crippen MR) is 195 cm³/mol. The average molecular weight is 726 g/mol. The summed E-state index contributed by atoms with van der Waals surface area (Å²) in [5, 5.41) is 16.9. The highest BCUT2D eigenvalue weighted by molar-refractivity contribution is 7.23. The zero-order valence-corrected chi connectivity index (χ0v) is 30.7. The monoisotopic (exact) mass is 725 g/mol. The molecule has 0 aliphatic carbocycles. The minimum absolute atomic E-state index is 0.00207. The van der Waals surface area contributed by atoms with Gasteiger partial charge in [0.2, 0.25) is 0 Å². The maximum absolute atomic E-state index is 17.2. The smallest absolute Gasteiger partial charge is 0.412 e. The van der Waals surface area contributed by atoms with Crippen LogP contribution in [0.5, 0.6) is 6.01 Å². The van der Waals surface area contributed by atoms with Crippen molar-refractivity contribution in [2.45, 2.75) is 77.5 Å². The van der Waals surface area contributed by atoms with Gasteiger partial charge >= 0.3 is 12.1 Å². The number of amides is 1. The molecule has 2 aromatic heterocycles. The molecule has 14 heteroatoms. The highest BCUT2D eigenvalue weighted by atomic mass is 35.5. The first kappa shape index (κ1) is 36.0. The first-order valence-electron chi connectivity index (χ1n) is 16.9. The second kappa shape index (κ2) is 14.1. The van der Waals surface area contributed by atoms with Crippen LogP contribution in [-0.2, 0) is 4.74 Å². The number of benzene rings is 2. The summed E-state index contributed by atoms with van der Waals surface area (Å²) in [5.41, 5.74) is -0.881. The van der Waals surface area contributed by atoms with Crippen molar-refractivity contribution < 1.29 is 23.0 Å². The second-order valence-electron chi connectivity index (χ2n) is 14.2. The van der Waals surface area contributed by atoms with Crippen LogP contribution in [0, 0.1) is 23.0 Å². The Kier molecular flexibility index (Phi) is 10.1. The van der Waals surface area contributed by atoms with E-state index in [1.807, 2.05) is 0 Å². The number of nitrogens with zero attached hydrogens (tertiary/aromatic N) is 5. The van der Waals surface area contributed by atoms with E-state index in [2.05, 4.69) is 52.4 Å². The summed E-state index contributed by atoms with van der Waals surface area (Å²) in [7, 11) is 2.10. The largest absolute Gasteiger partial charge is 0.461 e. The molecule has 2 unspecified atom stereocenters. The molecule has 266 valence electrons. The summed E-state index contributed by atoms with van der Waals surface area (Å²) in [6.45, 7) is 12.7. The number of carbonyl (C=O) groups excluding carboxylic acids is 1. The molecule has 2 aromatic carbocycles. The Balaban J connectivity index is 1.52. The Bertz CT molecular complexity index is 2000. The second-order valence-corrected chi connectivity index (χ2v) is 15.6. The third-order valence-corrected chi connectivity index (χ3v) is 10.9. The average Bonchev–Trinajstić information content (AvgIpc) is 3.60. The highest BCUT2D eigenvalue weighted by Crippen LogP contribution is 2.47. The number of anilines is 2. The van der Waals surface area contributed by atoms with Crippen molar-refractivity contribution >= 4 is 60.8 Å². The number of aromatic nitrogens is 2. The van der Waals surface area contributed by atoms with Gasteiger partial charge in [0, 0.05) is 42.0 Å². The number of likely N-dealkylation sites (N-methyl/N-ethyl adjacent to an activating group) is 1. The number of ether oxygens (including phenoxy) is 2. The molecule has 2 atom stereocenters. The van der Waals surface area contributed by atoms with Crippen LogP contribution in [0.4, 0.5) is 24.4 Å². The Morgan fingerprint density at radius 1 is 1.28 bits per heavy atom. The van der Waals surface area contributed by atoms with Crippen LogP contribution < -0.4 is 20.3 Å². The fourth-order valence-electron chi connectivity index (χ4n) is 7.13. The van der Waals surface area contributed by atoms with Gasteiger partial charge < -0.3 is 19.7 Å². The van der Waals surface area contributed by atoms with Gasteiger partial charge in [0.1, 0.15) is 40.4 Å². The molecule has 0 spiro atoms. The summed E-state index contributed by atoms with van der Waals surface area (Å²) in [6.07, 6.45) is 3.17. The van der Waals surface area contributed by atoms with Gasteiger partial charge in [0.15, 0.2) is 5.82 Å². The SMILES string of the molecule is CCCC1(COc2nc(N3CCNCC3C)c3cc(Cl)c(-c4ccc(F)c5sc(NC(=O)OC(C)(C)C)c(C#N)c45)c(F)c3n2)CCCN1C. The number of nitrogens with one attached hydrogen (secondary N) is 2. The molecule has 6 rings (SSSR count). The third-order valence-electron chi connectivity index (χ3n) is 9.53. The van der Waals surface area contributed by atoms with E-state index in [0.29, 0.717) is 37.4 Å². The van der Waals surface area contributed by atoms with Crippen molar-refractivity contribution in [2.24, 2.45) is 0 Å². The van der Waals surface area contributed by atoms with Crippen molar-refractivity contribution in [1.29, 1.82) is 5.26 Å². The van der Waals surface area contributed by atoms with Crippen molar-refractivity contribution in [3.8, 4) is 23.2 Å². The van der Waals surface area contributed by atoms with Crippen LogP contribution in [0.2, 0.25) is 5.02 Å². The third kappa shape index (κ3) is 6.78. The summed E-state index contributed by atoms with van der Waals surface area (Å²) in [6, 6.07) is 6.38. The first-order valence-corrected chi connectivity index (χ1v) is 18.1.